The smallest absolute Gasteiger partial charge is 0.0506 e. The van der Waals surface area contributed by atoms with Crippen molar-refractivity contribution in [1.29, 1.82) is 0 Å². The Morgan fingerprint density at radius 1 is 0.700 bits per heavy atom. The first-order valence-electron chi connectivity index (χ1n) is 4.40. The molecule has 2 heteroatoms. The van der Waals surface area contributed by atoms with Crippen LogP contribution in [0.25, 0.3) is 0 Å². The monoisotopic (exact) mass is 140 g/mol. The Hall–Kier alpha value is -0.0800. The van der Waals surface area contributed by atoms with E-state index in [2.05, 4.69) is 9.80 Å². The number of hydrogen-bond acceptors (Lipinski definition) is 2. The van der Waals surface area contributed by atoms with Gasteiger partial charge in [-0.1, -0.05) is 0 Å². The predicted octanol–water partition coefficient (Wildman–Crippen LogP) is 0.745. The van der Waals surface area contributed by atoms with Gasteiger partial charge in [0.2, 0.25) is 0 Å². The molecule has 2 aliphatic rings. The summed E-state index contributed by atoms with van der Waals surface area (Å²) in [6.07, 6.45) is 4.27. The molecule has 0 saturated carbocycles. The standard InChI is InChI=1S/C8H16N2/c1-2-5-9(4-1)8-10-6-3-7-10/h1-8H2. The molecule has 0 aromatic rings. The van der Waals surface area contributed by atoms with Crippen LogP contribution in [-0.4, -0.2) is 42.6 Å². The highest BCUT2D eigenvalue weighted by atomic mass is 15.3. The molecular formula is C8H16N2. The molecule has 0 aliphatic carbocycles. The van der Waals surface area contributed by atoms with Gasteiger partial charge in [-0.3, -0.25) is 9.80 Å². The molecule has 0 bridgehead atoms. The van der Waals surface area contributed by atoms with Gasteiger partial charge in [0.25, 0.3) is 0 Å². The molecule has 58 valence electrons. The van der Waals surface area contributed by atoms with Crippen LogP contribution in [0.3, 0.4) is 0 Å². The summed E-state index contributed by atoms with van der Waals surface area (Å²) in [4.78, 5) is 5.10. The fraction of sp³-hybridized carbons (Fsp3) is 1.00. The van der Waals surface area contributed by atoms with Crippen LogP contribution in [0.15, 0.2) is 0 Å². The van der Waals surface area contributed by atoms with E-state index < -0.39 is 0 Å². The second-order valence-electron chi connectivity index (χ2n) is 3.44. The summed E-state index contributed by atoms with van der Waals surface area (Å²) < 4.78 is 0. The van der Waals surface area contributed by atoms with Crippen LogP contribution in [0.1, 0.15) is 19.3 Å². The Morgan fingerprint density at radius 2 is 1.20 bits per heavy atom. The van der Waals surface area contributed by atoms with Crippen molar-refractivity contribution in [3.63, 3.8) is 0 Å². The van der Waals surface area contributed by atoms with E-state index in [1.165, 1.54) is 52.1 Å². The van der Waals surface area contributed by atoms with Crippen LogP contribution in [0.5, 0.6) is 0 Å². The summed E-state index contributed by atoms with van der Waals surface area (Å²) in [5, 5.41) is 0. The van der Waals surface area contributed by atoms with E-state index in [1.807, 2.05) is 0 Å². The predicted molar refractivity (Wildman–Crippen MR) is 41.9 cm³/mol. The maximum absolute atomic E-state index is 2.57. The first kappa shape index (κ1) is 6.62. The van der Waals surface area contributed by atoms with Crippen LogP contribution >= 0.6 is 0 Å². The lowest BCUT2D eigenvalue weighted by Crippen LogP contribution is -2.44. The lowest BCUT2D eigenvalue weighted by Gasteiger charge is -2.34. The van der Waals surface area contributed by atoms with Gasteiger partial charge in [-0.05, 0) is 32.4 Å². The largest absolute Gasteiger partial charge is 0.290 e. The molecule has 2 saturated heterocycles. The molecule has 0 unspecified atom stereocenters. The first-order chi connectivity index (χ1) is 4.95. The van der Waals surface area contributed by atoms with Gasteiger partial charge in [-0.2, -0.15) is 0 Å². The summed E-state index contributed by atoms with van der Waals surface area (Å²) in [6, 6.07) is 0. The first-order valence-corrected chi connectivity index (χ1v) is 4.40. The van der Waals surface area contributed by atoms with Crippen molar-refractivity contribution in [2.75, 3.05) is 32.8 Å². The molecule has 10 heavy (non-hydrogen) atoms. The Morgan fingerprint density at radius 3 is 1.60 bits per heavy atom. The number of rotatable bonds is 2. The molecule has 0 atom stereocenters. The molecular weight excluding hydrogens is 124 g/mol. The topological polar surface area (TPSA) is 6.48 Å². The molecule has 0 amide bonds. The minimum absolute atomic E-state index is 1.25. The van der Waals surface area contributed by atoms with Crippen LogP contribution in [0, 0.1) is 0 Å². The second kappa shape index (κ2) is 2.89. The molecule has 0 N–H and O–H groups in total. The summed E-state index contributed by atoms with van der Waals surface area (Å²) in [5.41, 5.74) is 0. The van der Waals surface area contributed by atoms with Crippen molar-refractivity contribution < 1.29 is 0 Å². The van der Waals surface area contributed by atoms with Gasteiger partial charge >= 0.3 is 0 Å². The Bertz CT molecular complexity index is 104. The molecule has 2 nitrogen and oxygen atoms in total. The SMILES string of the molecule is C1CCN(CN2CCC2)C1. The average molecular weight is 140 g/mol. The highest BCUT2D eigenvalue weighted by Crippen LogP contribution is 2.11. The minimum Gasteiger partial charge on any atom is -0.290 e. The minimum atomic E-state index is 1.25. The van der Waals surface area contributed by atoms with E-state index in [1.54, 1.807) is 0 Å². The maximum atomic E-state index is 2.57. The normalized spacial score (nSPS) is 28.8. The summed E-state index contributed by atoms with van der Waals surface area (Å²) in [5.74, 6) is 0. The van der Waals surface area contributed by atoms with Crippen molar-refractivity contribution in [3.8, 4) is 0 Å². The lowest BCUT2D eigenvalue weighted by molar-refractivity contribution is 0.0969. The van der Waals surface area contributed by atoms with Crippen LogP contribution in [-0.2, 0) is 0 Å². The molecule has 0 aromatic heterocycles. The second-order valence-corrected chi connectivity index (χ2v) is 3.44. The molecule has 2 aliphatic heterocycles. The number of likely N-dealkylation sites (tertiary alicyclic amines) is 2. The van der Waals surface area contributed by atoms with Crippen molar-refractivity contribution in [2.45, 2.75) is 19.3 Å². The zero-order valence-corrected chi connectivity index (χ0v) is 6.55. The van der Waals surface area contributed by atoms with E-state index >= 15 is 0 Å². The van der Waals surface area contributed by atoms with Gasteiger partial charge < -0.3 is 0 Å². The third-order valence-corrected chi connectivity index (χ3v) is 2.55. The van der Waals surface area contributed by atoms with Crippen LogP contribution in [0.4, 0.5) is 0 Å². The van der Waals surface area contributed by atoms with E-state index in [0.717, 1.165) is 0 Å². The average Bonchev–Trinajstić information content (AvgIpc) is 2.29. The van der Waals surface area contributed by atoms with Crippen LogP contribution in [0.2, 0.25) is 0 Å². The summed E-state index contributed by atoms with van der Waals surface area (Å²) in [6.45, 7) is 6.62. The molecule has 2 rings (SSSR count). The van der Waals surface area contributed by atoms with Gasteiger partial charge in [0.15, 0.2) is 0 Å². The van der Waals surface area contributed by atoms with Gasteiger partial charge in [-0.15, -0.1) is 0 Å². The zero-order valence-electron chi connectivity index (χ0n) is 6.55. The molecule has 0 aromatic carbocycles. The van der Waals surface area contributed by atoms with Crippen LogP contribution < -0.4 is 0 Å². The van der Waals surface area contributed by atoms with Gasteiger partial charge in [0.05, 0.1) is 6.67 Å². The number of hydrogen-bond donors (Lipinski definition) is 0. The highest BCUT2D eigenvalue weighted by Gasteiger charge is 2.18. The maximum Gasteiger partial charge on any atom is 0.0506 e. The molecule has 0 radical (unpaired) electrons. The quantitative estimate of drug-likeness (QED) is 0.558. The van der Waals surface area contributed by atoms with E-state index in [9.17, 15) is 0 Å². The Labute approximate surface area is 62.8 Å². The Kier molecular flexibility index (Phi) is 1.91. The van der Waals surface area contributed by atoms with Gasteiger partial charge in [0.1, 0.15) is 0 Å². The molecule has 0 spiro atoms. The van der Waals surface area contributed by atoms with E-state index in [4.69, 9.17) is 0 Å². The lowest BCUT2D eigenvalue weighted by atomic mass is 10.2. The van der Waals surface area contributed by atoms with Gasteiger partial charge in [0, 0.05) is 13.1 Å². The van der Waals surface area contributed by atoms with Crippen molar-refractivity contribution in [1.82, 2.24) is 9.80 Å². The van der Waals surface area contributed by atoms with Crippen molar-refractivity contribution in [2.24, 2.45) is 0 Å². The van der Waals surface area contributed by atoms with Crippen molar-refractivity contribution >= 4 is 0 Å². The summed E-state index contributed by atoms with van der Waals surface area (Å²) >= 11 is 0. The third kappa shape index (κ3) is 1.32. The Balaban J connectivity index is 1.68. The molecule has 2 fully saturated rings. The fourth-order valence-electron chi connectivity index (χ4n) is 1.73. The third-order valence-electron chi connectivity index (χ3n) is 2.55. The highest BCUT2D eigenvalue weighted by molar-refractivity contribution is 4.71. The van der Waals surface area contributed by atoms with E-state index in [-0.39, 0.29) is 0 Å². The molecule has 2 heterocycles. The zero-order chi connectivity index (χ0) is 6.81. The fourth-order valence-corrected chi connectivity index (χ4v) is 1.73. The van der Waals surface area contributed by atoms with E-state index in [0.29, 0.717) is 0 Å². The number of nitrogens with zero attached hydrogens (tertiary/aromatic N) is 2. The van der Waals surface area contributed by atoms with Crippen molar-refractivity contribution in [3.05, 3.63) is 0 Å². The summed E-state index contributed by atoms with van der Waals surface area (Å²) in [7, 11) is 0. The van der Waals surface area contributed by atoms with Gasteiger partial charge in [-0.25, -0.2) is 0 Å².